The Bertz CT molecular complexity index is 619. The predicted octanol–water partition coefficient (Wildman–Crippen LogP) is 3.15. The van der Waals surface area contributed by atoms with E-state index < -0.39 is 5.97 Å². The molecular formula is C16H17NO3S. The fourth-order valence-electron chi connectivity index (χ4n) is 2.05. The summed E-state index contributed by atoms with van der Waals surface area (Å²) < 4.78 is 0. The summed E-state index contributed by atoms with van der Waals surface area (Å²) in [7, 11) is 1.77. The van der Waals surface area contributed by atoms with E-state index in [0.717, 1.165) is 6.42 Å². The van der Waals surface area contributed by atoms with Crippen LogP contribution in [0.5, 0.6) is 0 Å². The highest BCUT2D eigenvalue weighted by atomic mass is 32.1. The van der Waals surface area contributed by atoms with Crippen LogP contribution in [0.4, 0.5) is 0 Å². The van der Waals surface area contributed by atoms with Crippen molar-refractivity contribution in [2.75, 3.05) is 7.05 Å². The number of nitrogens with zero attached hydrogens (tertiary/aromatic N) is 1. The van der Waals surface area contributed by atoms with Gasteiger partial charge in [0.1, 0.15) is 0 Å². The highest BCUT2D eigenvalue weighted by Gasteiger charge is 2.18. The normalized spacial score (nSPS) is 11.9. The number of carboxylic acids is 1. The number of likely N-dealkylation sites (N-methyl/N-ethyl adjacent to an activating group) is 1. The van der Waals surface area contributed by atoms with Gasteiger partial charge < -0.3 is 10.0 Å². The van der Waals surface area contributed by atoms with Crippen molar-refractivity contribution in [2.45, 2.75) is 19.4 Å². The van der Waals surface area contributed by atoms with Crippen LogP contribution in [-0.2, 0) is 6.42 Å². The lowest BCUT2D eigenvalue weighted by molar-refractivity contribution is 0.0693. The van der Waals surface area contributed by atoms with Gasteiger partial charge in [0.2, 0.25) is 0 Å². The number of thiophene rings is 1. The van der Waals surface area contributed by atoms with E-state index in [1.807, 2.05) is 12.3 Å². The molecule has 1 amide bonds. The minimum absolute atomic E-state index is 0.0752. The Morgan fingerprint density at radius 2 is 1.81 bits per heavy atom. The lowest BCUT2D eigenvalue weighted by Crippen LogP contribution is -2.36. The van der Waals surface area contributed by atoms with Crippen LogP contribution in [-0.4, -0.2) is 35.0 Å². The molecule has 1 aromatic carbocycles. The van der Waals surface area contributed by atoms with Crippen LogP contribution in [0, 0.1) is 0 Å². The van der Waals surface area contributed by atoms with Crippen molar-refractivity contribution in [1.29, 1.82) is 0 Å². The van der Waals surface area contributed by atoms with Gasteiger partial charge in [-0.15, -0.1) is 0 Å². The number of amides is 1. The molecule has 0 aliphatic heterocycles. The molecule has 0 fully saturated rings. The molecule has 110 valence electrons. The van der Waals surface area contributed by atoms with E-state index in [0.29, 0.717) is 5.56 Å². The lowest BCUT2D eigenvalue weighted by Gasteiger charge is -2.25. The molecule has 0 spiro atoms. The number of carbonyl (C=O) groups excluding carboxylic acids is 1. The first kappa shape index (κ1) is 15.3. The number of carboxylic acid groups (broad SMARTS) is 1. The SMILES string of the molecule is C[C@H](Cc1ccsc1)N(C)C(=O)c1ccc(C(=O)O)cc1. The van der Waals surface area contributed by atoms with E-state index >= 15 is 0 Å². The molecule has 1 atom stereocenters. The van der Waals surface area contributed by atoms with Crippen molar-refractivity contribution in [2.24, 2.45) is 0 Å². The third kappa shape index (κ3) is 3.70. The number of carbonyl (C=O) groups is 2. The van der Waals surface area contributed by atoms with Gasteiger partial charge in [-0.05, 0) is 60.0 Å². The number of hydrogen-bond donors (Lipinski definition) is 1. The molecule has 2 aromatic rings. The predicted molar refractivity (Wildman–Crippen MR) is 83.0 cm³/mol. The second-order valence-corrected chi connectivity index (χ2v) is 5.76. The van der Waals surface area contributed by atoms with Gasteiger partial charge in [-0.3, -0.25) is 4.79 Å². The molecule has 1 heterocycles. The average molecular weight is 303 g/mol. The van der Waals surface area contributed by atoms with Crippen LogP contribution in [0.25, 0.3) is 0 Å². The fraction of sp³-hybridized carbons (Fsp3) is 0.250. The van der Waals surface area contributed by atoms with Crippen LogP contribution >= 0.6 is 11.3 Å². The maximum atomic E-state index is 12.4. The first-order valence-corrected chi connectivity index (χ1v) is 7.55. The topological polar surface area (TPSA) is 57.6 Å². The minimum atomic E-state index is -0.992. The zero-order valence-corrected chi connectivity index (χ0v) is 12.8. The monoisotopic (exact) mass is 303 g/mol. The Kier molecular flexibility index (Phi) is 4.75. The van der Waals surface area contributed by atoms with Crippen molar-refractivity contribution >= 4 is 23.2 Å². The molecule has 0 saturated carbocycles. The van der Waals surface area contributed by atoms with Gasteiger partial charge in [0.05, 0.1) is 5.56 Å². The molecule has 0 radical (unpaired) electrons. The zero-order chi connectivity index (χ0) is 15.4. The van der Waals surface area contributed by atoms with Crippen LogP contribution in [0.15, 0.2) is 41.1 Å². The Labute approximate surface area is 127 Å². The van der Waals surface area contributed by atoms with Gasteiger partial charge in [-0.25, -0.2) is 4.79 Å². The summed E-state index contributed by atoms with van der Waals surface area (Å²) in [5.41, 5.74) is 1.90. The van der Waals surface area contributed by atoms with Crippen molar-refractivity contribution in [3.8, 4) is 0 Å². The summed E-state index contributed by atoms with van der Waals surface area (Å²) >= 11 is 1.64. The van der Waals surface area contributed by atoms with E-state index in [9.17, 15) is 9.59 Å². The van der Waals surface area contributed by atoms with Crippen LogP contribution < -0.4 is 0 Å². The second kappa shape index (κ2) is 6.54. The van der Waals surface area contributed by atoms with E-state index in [1.165, 1.54) is 17.7 Å². The third-order valence-corrected chi connectivity index (χ3v) is 4.20. The molecule has 5 heteroatoms. The second-order valence-electron chi connectivity index (χ2n) is 4.98. The largest absolute Gasteiger partial charge is 0.478 e. The molecule has 0 saturated heterocycles. The standard InChI is InChI=1S/C16H17NO3S/c1-11(9-12-7-8-21-10-12)17(2)15(18)13-3-5-14(6-4-13)16(19)20/h3-8,10-11H,9H2,1-2H3,(H,19,20)/t11-/m1/s1. The van der Waals surface area contributed by atoms with Gasteiger partial charge in [-0.1, -0.05) is 0 Å². The Morgan fingerprint density at radius 1 is 1.19 bits per heavy atom. The molecule has 0 aliphatic carbocycles. The maximum Gasteiger partial charge on any atom is 0.335 e. The van der Waals surface area contributed by atoms with Crippen LogP contribution in [0.2, 0.25) is 0 Å². The first-order valence-electron chi connectivity index (χ1n) is 6.60. The molecular weight excluding hydrogens is 286 g/mol. The smallest absolute Gasteiger partial charge is 0.335 e. The number of hydrogen-bond acceptors (Lipinski definition) is 3. The molecule has 1 aromatic heterocycles. The minimum Gasteiger partial charge on any atom is -0.478 e. The maximum absolute atomic E-state index is 12.4. The van der Waals surface area contributed by atoms with Crippen molar-refractivity contribution in [3.05, 3.63) is 57.8 Å². The van der Waals surface area contributed by atoms with E-state index in [4.69, 9.17) is 5.11 Å². The van der Waals surface area contributed by atoms with Crippen molar-refractivity contribution in [1.82, 2.24) is 4.90 Å². The summed E-state index contributed by atoms with van der Waals surface area (Å²) in [6, 6.07) is 8.14. The Balaban J connectivity index is 2.05. The highest BCUT2D eigenvalue weighted by Crippen LogP contribution is 2.14. The summed E-state index contributed by atoms with van der Waals surface area (Å²) in [5.74, 6) is -1.09. The van der Waals surface area contributed by atoms with E-state index in [2.05, 4.69) is 11.4 Å². The van der Waals surface area contributed by atoms with Gasteiger partial charge in [0, 0.05) is 18.7 Å². The van der Waals surface area contributed by atoms with Gasteiger partial charge in [-0.2, -0.15) is 11.3 Å². The van der Waals surface area contributed by atoms with E-state index in [-0.39, 0.29) is 17.5 Å². The highest BCUT2D eigenvalue weighted by molar-refractivity contribution is 7.07. The molecule has 4 nitrogen and oxygen atoms in total. The molecule has 2 rings (SSSR count). The number of benzene rings is 1. The molecule has 0 aliphatic rings. The number of aromatic carboxylic acids is 1. The van der Waals surface area contributed by atoms with Gasteiger partial charge in [0.25, 0.3) is 5.91 Å². The first-order chi connectivity index (χ1) is 9.99. The third-order valence-electron chi connectivity index (χ3n) is 3.47. The number of rotatable bonds is 5. The quantitative estimate of drug-likeness (QED) is 0.923. The summed E-state index contributed by atoms with van der Waals surface area (Å²) in [4.78, 5) is 24.9. The Hall–Kier alpha value is -2.14. The average Bonchev–Trinajstić information content (AvgIpc) is 2.98. The van der Waals surface area contributed by atoms with Gasteiger partial charge >= 0.3 is 5.97 Å². The summed E-state index contributed by atoms with van der Waals surface area (Å²) in [6.45, 7) is 2.00. The molecule has 1 N–H and O–H groups in total. The van der Waals surface area contributed by atoms with Crippen molar-refractivity contribution in [3.63, 3.8) is 0 Å². The van der Waals surface area contributed by atoms with Crippen LogP contribution in [0.1, 0.15) is 33.2 Å². The summed E-state index contributed by atoms with van der Waals surface area (Å²) in [5, 5.41) is 13.0. The zero-order valence-electron chi connectivity index (χ0n) is 11.9. The van der Waals surface area contributed by atoms with Gasteiger partial charge in [0.15, 0.2) is 0 Å². The van der Waals surface area contributed by atoms with E-state index in [1.54, 1.807) is 35.4 Å². The molecule has 0 bridgehead atoms. The van der Waals surface area contributed by atoms with Crippen LogP contribution in [0.3, 0.4) is 0 Å². The Morgan fingerprint density at radius 3 is 2.33 bits per heavy atom. The lowest BCUT2D eigenvalue weighted by atomic mass is 10.1. The summed E-state index contributed by atoms with van der Waals surface area (Å²) in [6.07, 6.45) is 0.805. The molecule has 0 unspecified atom stereocenters. The fourth-order valence-corrected chi connectivity index (χ4v) is 2.73. The van der Waals surface area contributed by atoms with Crippen molar-refractivity contribution < 1.29 is 14.7 Å². The molecule has 21 heavy (non-hydrogen) atoms.